The number of pyridine rings is 2. The van der Waals surface area contributed by atoms with Crippen molar-refractivity contribution in [2.75, 3.05) is 14.2 Å². The van der Waals surface area contributed by atoms with Crippen LogP contribution in [0, 0.1) is 0 Å². The highest BCUT2D eigenvalue weighted by Crippen LogP contribution is 2.30. The lowest BCUT2D eigenvalue weighted by atomic mass is 10.1. The molecule has 0 fully saturated rings. The van der Waals surface area contributed by atoms with Crippen molar-refractivity contribution >= 4 is 10.8 Å². The van der Waals surface area contributed by atoms with Crippen LogP contribution in [0.3, 0.4) is 0 Å². The first kappa shape index (κ1) is 12.4. The molecule has 4 heteroatoms. The van der Waals surface area contributed by atoms with Gasteiger partial charge in [0.1, 0.15) is 5.75 Å². The van der Waals surface area contributed by atoms with Gasteiger partial charge in [0.2, 0.25) is 5.88 Å². The summed E-state index contributed by atoms with van der Waals surface area (Å²) in [7, 11) is 3.27. The van der Waals surface area contributed by atoms with E-state index in [1.807, 2.05) is 42.5 Å². The Morgan fingerprint density at radius 2 is 1.80 bits per heavy atom. The molecular formula is C16H14N2O2. The Kier molecular flexibility index (Phi) is 3.21. The second-order valence-corrected chi connectivity index (χ2v) is 4.32. The number of rotatable bonds is 3. The van der Waals surface area contributed by atoms with Gasteiger partial charge in [0.05, 0.1) is 25.6 Å². The maximum atomic E-state index is 5.38. The van der Waals surface area contributed by atoms with Gasteiger partial charge in [-0.05, 0) is 41.8 Å². The second kappa shape index (κ2) is 5.17. The van der Waals surface area contributed by atoms with Gasteiger partial charge in [0, 0.05) is 11.6 Å². The average Bonchev–Trinajstić information content (AvgIpc) is 2.54. The Hall–Kier alpha value is -2.62. The van der Waals surface area contributed by atoms with Crippen LogP contribution in [0.25, 0.3) is 22.2 Å². The zero-order valence-electron chi connectivity index (χ0n) is 11.3. The molecule has 3 rings (SSSR count). The molecule has 20 heavy (non-hydrogen) atoms. The van der Waals surface area contributed by atoms with Crippen LogP contribution in [0.1, 0.15) is 0 Å². The van der Waals surface area contributed by atoms with Gasteiger partial charge in [-0.25, -0.2) is 4.98 Å². The lowest BCUT2D eigenvalue weighted by Gasteiger charge is -2.09. The summed E-state index contributed by atoms with van der Waals surface area (Å²) >= 11 is 0. The summed E-state index contributed by atoms with van der Waals surface area (Å²) in [5.74, 6) is 1.39. The van der Waals surface area contributed by atoms with Crippen molar-refractivity contribution in [3.63, 3.8) is 0 Å². The van der Waals surface area contributed by atoms with Crippen molar-refractivity contribution in [3.05, 3.63) is 48.7 Å². The molecule has 0 unspecified atom stereocenters. The minimum absolute atomic E-state index is 0.589. The minimum atomic E-state index is 0.589. The number of ether oxygens (including phenoxy) is 2. The number of fused-ring (bicyclic) bond motifs is 1. The molecule has 0 N–H and O–H groups in total. The van der Waals surface area contributed by atoms with Gasteiger partial charge in [-0.15, -0.1) is 0 Å². The van der Waals surface area contributed by atoms with Crippen LogP contribution < -0.4 is 9.47 Å². The summed E-state index contributed by atoms with van der Waals surface area (Å²) in [4.78, 5) is 8.84. The number of aromatic nitrogens is 2. The highest BCUT2D eigenvalue weighted by molar-refractivity contribution is 5.90. The van der Waals surface area contributed by atoms with Gasteiger partial charge in [-0.1, -0.05) is 6.07 Å². The monoisotopic (exact) mass is 266 g/mol. The zero-order chi connectivity index (χ0) is 13.9. The summed E-state index contributed by atoms with van der Waals surface area (Å²) in [6.07, 6.45) is 1.75. The minimum Gasteiger partial charge on any atom is -0.497 e. The van der Waals surface area contributed by atoms with Crippen LogP contribution in [0.4, 0.5) is 0 Å². The van der Waals surface area contributed by atoms with Crippen molar-refractivity contribution < 1.29 is 9.47 Å². The first-order valence-corrected chi connectivity index (χ1v) is 6.26. The topological polar surface area (TPSA) is 44.2 Å². The lowest BCUT2D eigenvalue weighted by molar-refractivity contribution is 0.403. The largest absolute Gasteiger partial charge is 0.497 e. The molecule has 0 bridgehead atoms. The van der Waals surface area contributed by atoms with Gasteiger partial charge < -0.3 is 9.47 Å². The standard InChI is InChI=1S/C16H14N2O2/c1-19-12-6-7-13-11(9-12)10-15(18-16(13)20-2)14-5-3-4-8-17-14/h3-10H,1-2H3. The molecule has 0 spiro atoms. The third kappa shape index (κ3) is 2.16. The van der Waals surface area contributed by atoms with E-state index in [2.05, 4.69) is 9.97 Å². The Morgan fingerprint density at radius 1 is 0.900 bits per heavy atom. The van der Waals surface area contributed by atoms with E-state index in [4.69, 9.17) is 9.47 Å². The molecule has 4 nitrogen and oxygen atoms in total. The molecule has 0 aliphatic carbocycles. The van der Waals surface area contributed by atoms with E-state index in [-0.39, 0.29) is 0 Å². The molecule has 0 amide bonds. The molecule has 2 aromatic heterocycles. The van der Waals surface area contributed by atoms with Crippen molar-refractivity contribution in [1.29, 1.82) is 0 Å². The third-order valence-corrected chi connectivity index (χ3v) is 3.12. The maximum absolute atomic E-state index is 5.38. The number of hydrogen-bond acceptors (Lipinski definition) is 4. The van der Waals surface area contributed by atoms with Crippen molar-refractivity contribution in [3.8, 4) is 23.0 Å². The smallest absolute Gasteiger partial charge is 0.221 e. The normalized spacial score (nSPS) is 10.5. The van der Waals surface area contributed by atoms with E-state index in [1.54, 1.807) is 20.4 Å². The Balaban J connectivity index is 2.24. The number of benzene rings is 1. The van der Waals surface area contributed by atoms with E-state index < -0.39 is 0 Å². The van der Waals surface area contributed by atoms with Gasteiger partial charge in [0.25, 0.3) is 0 Å². The first-order valence-electron chi connectivity index (χ1n) is 6.26. The van der Waals surface area contributed by atoms with E-state index in [0.29, 0.717) is 5.88 Å². The van der Waals surface area contributed by atoms with Crippen LogP contribution >= 0.6 is 0 Å². The molecule has 0 radical (unpaired) electrons. The van der Waals surface area contributed by atoms with E-state index in [0.717, 1.165) is 27.9 Å². The van der Waals surface area contributed by atoms with Crippen molar-refractivity contribution in [2.45, 2.75) is 0 Å². The molecule has 0 aliphatic heterocycles. The Bertz CT molecular complexity index is 742. The van der Waals surface area contributed by atoms with Crippen LogP contribution in [0.15, 0.2) is 48.7 Å². The van der Waals surface area contributed by atoms with Gasteiger partial charge >= 0.3 is 0 Å². The Morgan fingerprint density at radius 3 is 2.50 bits per heavy atom. The third-order valence-electron chi connectivity index (χ3n) is 3.12. The van der Waals surface area contributed by atoms with Crippen LogP contribution in [-0.4, -0.2) is 24.2 Å². The molecule has 1 aromatic carbocycles. The fourth-order valence-corrected chi connectivity index (χ4v) is 2.13. The maximum Gasteiger partial charge on any atom is 0.221 e. The number of nitrogens with zero attached hydrogens (tertiary/aromatic N) is 2. The fourth-order valence-electron chi connectivity index (χ4n) is 2.13. The summed E-state index contributed by atoms with van der Waals surface area (Å²) in [5, 5.41) is 1.96. The van der Waals surface area contributed by atoms with Gasteiger partial charge in [-0.3, -0.25) is 4.98 Å². The van der Waals surface area contributed by atoms with Crippen LogP contribution in [0.5, 0.6) is 11.6 Å². The van der Waals surface area contributed by atoms with Crippen molar-refractivity contribution in [2.24, 2.45) is 0 Å². The summed E-state index contributed by atoms with van der Waals surface area (Å²) < 4.78 is 10.6. The molecule has 2 heterocycles. The van der Waals surface area contributed by atoms with E-state index >= 15 is 0 Å². The molecule has 0 saturated carbocycles. The summed E-state index contributed by atoms with van der Waals surface area (Å²) in [5.41, 5.74) is 1.60. The average molecular weight is 266 g/mol. The lowest BCUT2D eigenvalue weighted by Crippen LogP contribution is -1.94. The number of hydrogen-bond donors (Lipinski definition) is 0. The molecule has 0 atom stereocenters. The summed E-state index contributed by atoms with van der Waals surface area (Å²) in [6, 6.07) is 13.5. The van der Waals surface area contributed by atoms with Crippen LogP contribution in [-0.2, 0) is 0 Å². The van der Waals surface area contributed by atoms with Crippen molar-refractivity contribution in [1.82, 2.24) is 9.97 Å². The molecule has 100 valence electrons. The first-order chi connectivity index (χ1) is 9.81. The van der Waals surface area contributed by atoms with Gasteiger partial charge in [-0.2, -0.15) is 0 Å². The zero-order valence-corrected chi connectivity index (χ0v) is 11.3. The predicted octanol–water partition coefficient (Wildman–Crippen LogP) is 3.31. The molecule has 0 saturated heterocycles. The molecular weight excluding hydrogens is 252 g/mol. The van der Waals surface area contributed by atoms with Crippen LogP contribution in [0.2, 0.25) is 0 Å². The van der Waals surface area contributed by atoms with E-state index in [1.165, 1.54) is 0 Å². The second-order valence-electron chi connectivity index (χ2n) is 4.32. The highest BCUT2D eigenvalue weighted by Gasteiger charge is 2.09. The number of methoxy groups -OCH3 is 2. The van der Waals surface area contributed by atoms with Gasteiger partial charge in [0.15, 0.2) is 0 Å². The molecule has 3 aromatic rings. The highest BCUT2D eigenvalue weighted by atomic mass is 16.5. The van der Waals surface area contributed by atoms with E-state index in [9.17, 15) is 0 Å². The quantitative estimate of drug-likeness (QED) is 0.729. The summed E-state index contributed by atoms with van der Waals surface area (Å²) in [6.45, 7) is 0. The Labute approximate surface area is 117 Å². The predicted molar refractivity (Wildman–Crippen MR) is 78.1 cm³/mol. The fraction of sp³-hybridized carbons (Fsp3) is 0.125. The molecule has 0 aliphatic rings. The SMILES string of the molecule is COc1ccc2c(OC)nc(-c3ccccn3)cc2c1.